The first kappa shape index (κ1) is 16.4. The Balaban J connectivity index is 4.40. The van der Waals surface area contributed by atoms with Crippen molar-refractivity contribution in [1.29, 1.82) is 0 Å². The molecule has 0 heterocycles. The maximum Gasteiger partial charge on any atom is 0.0968 e. The second-order valence-electron chi connectivity index (χ2n) is 5.64. The molecule has 17 heavy (non-hydrogen) atoms. The molecule has 0 fully saturated rings. The molecule has 0 aromatic carbocycles. The lowest BCUT2D eigenvalue weighted by Gasteiger charge is -2.25. The van der Waals surface area contributed by atoms with Crippen LogP contribution >= 0.6 is 0 Å². The lowest BCUT2D eigenvalue weighted by Crippen LogP contribution is -2.41. The molecule has 0 rings (SSSR count). The first-order chi connectivity index (χ1) is 7.82. The van der Waals surface area contributed by atoms with Crippen molar-refractivity contribution in [2.45, 2.75) is 66.5 Å². The van der Waals surface area contributed by atoms with Crippen molar-refractivity contribution in [1.82, 2.24) is 10.2 Å². The monoisotopic (exact) mass is 241 g/mol. The number of likely N-dealkylation sites (N-methyl/N-ethyl adjacent to an activating group) is 1. The molecule has 1 unspecified atom stereocenters. The Hall–Kier alpha value is -0.570. The Morgan fingerprint density at radius 1 is 1.18 bits per heavy atom. The molecular formula is C14H31N3. The second-order valence-corrected chi connectivity index (χ2v) is 5.64. The van der Waals surface area contributed by atoms with Crippen molar-refractivity contribution < 1.29 is 0 Å². The topological polar surface area (TPSA) is 27.6 Å². The van der Waals surface area contributed by atoms with Crippen LogP contribution in [0, 0.1) is 0 Å². The third-order valence-electron chi connectivity index (χ3n) is 2.65. The van der Waals surface area contributed by atoms with Gasteiger partial charge in [0.25, 0.3) is 0 Å². The van der Waals surface area contributed by atoms with Crippen molar-refractivity contribution in [2.75, 3.05) is 19.6 Å². The van der Waals surface area contributed by atoms with Gasteiger partial charge in [0.1, 0.15) is 0 Å². The van der Waals surface area contributed by atoms with Gasteiger partial charge in [-0.25, -0.2) is 0 Å². The van der Waals surface area contributed by atoms with Crippen LogP contribution in [0.2, 0.25) is 0 Å². The van der Waals surface area contributed by atoms with E-state index in [-0.39, 0.29) is 5.54 Å². The molecule has 1 N–H and O–H groups in total. The maximum absolute atomic E-state index is 4.78. The van der Waals surface area contributed by atoms with Crippen LogP contribution in [0.3, 0.4) is 0 Å². The van der Waals surface area contributed by atoms with E-state index in [9.17, 15) is 0 Å². The summed E-state index contributed by atoms with van der Waals surface area (Å²) in [7, 11) is 0. The lowest BCUT2D eigenvalue weighted by molar-refractivity contribution is 0.289. The van der Waals surface area contributed by atoms with E-state index >= 15 is 0 Å². The molecule has 0 saturated carbocycles. The molecule has 0 aromatic rings. The lowest BCUT2D eigenvalue weighted by atomic mass is 10.1. The molecule has 3 heteroatoms. The van der Waals surface area contributed by atoms with E-state index in [1.807, 2.05) is 0 Å². The zero-order valence-electron chi connectivity index (χ0n) is 12.8. The van der Waals surface area contributed by atoms with E-state index in [1.165, 1.54) is 0 Å². The zero-order chi connectivity index (χ0) is 13.5. The van der Waals surface area contributed by atoms with Gasteiger partial charge in [0.05, 0.1) is 11.9 Å². The summed E-state index contributed by atoms with van der Waals surface area (Å²) in [5.74, 6) is 1.12. The number of hydrogen-bond donors (Lipinski definition) is 1. The zero-order valence-corrected chi connectivity index (χ0v) is 12.8. The van der Waals surface area contributed by atoms with E-state index in [0.717, 1.165) is 31.9 Å². The van der Waals surface area contributed by atoms with Crippen molar-refractivity contribution in [3.8, 4) is 0 Å². The Morgan fingerprint density at radius 2 is 1.71 bits per heavy atom. The van der Waals surface area contributed by atoms with Gasteiger partial charge >= 0.3 is 0 Å². The van der Waals surface area contributed by atoms with Gasteiger partial charge in [0.15, 0.2) is 0 Å². The summed E-state index contributed by atoms with van der Waals surface area (Å²) < 4.78 is 0. The fraction of sp³-hybridized carbons (Fsp3) is 0.929. The second kappa shape index (κ2) is 7.70. The number of hydrogen-bond acceptors (Lipinski definition) is 2. The largest absolute Gasteiger partial charge is 0.369 e. The van der Waals surface area contributed by atoms with Gasteiger partial charge in [0, 0.05) is 18.5 Å². The molecule has 0 amide bonds. The van der Waals surface area contributed by atoms with Crippen molar-refractivity contribution in [2.24, 2.45) is 4.99 Å². The van der Waals surface area contributed by atoms with Crippen LogP contribution in [0.15, 0.2) is 4.99 Å². The predicted molar refractivity (Wildman–Crippen MR) is 77.9 cm³/mol. The molecule has 0 radical (unpaired) electrons. The summed E-state index contributed by atoms with van der Waals surface area (Å²) in [6.45, 7) is 18.5. The highest BCUT2D eigenvalue weighted by Gasteiger charge is 2.12. The molecule has 1 atom stereocenters. The van der Waals surface area contributed by atoms with Gasteiger partial charge in [-0.05, 0) is 40.8 Å². The highest BCUT2D eigenvalue weighted by molar-refractivity contribution is 5.82. The van der Waals surface area contributed by atoms with Crippen LogP contribution in [0.5, 0.6) is 0 Å². The maximum atomic E-state index is 4.78. The third-order valence-corrected chi connectivity index (χ3v) is 2.65. The standard InChI is InChI=1S/C14H31N3/c1-8-13(16-14(5,6)7)15-12(4)11-17(9-2)10-3/h12H,8-11H2,1-7H3,(H,15,16). The first-order valence-electron chi connectivity index (χ1n) is 6.89. The number of rotatable bonds is 6. The summed E-state index contributed by atoms with van der Waals surface area (Å²) in [6.07, 6.45) is 0.972. The average Bonchev–Trinajstić information content (AvgIpc) is 2.23. The van der Waals surface area contributed by atoms with Crippen LogP contribution in [0.25, 0.3) is 0 Å². The number of nitrogens with one attached hydrogen (secondary N) is 1. The molecule has 0 bridgehead atoms. The fourth-order valence-corrected chi connectivity index (χ4v) is 1.81. The molecule has 0 saturated heterocycles. The van der Waals surface area contributed by atoms with E-state index in [4.69, 9.17) is 4.99 Å². The highest BCUT2D eigenvalue weighted by atomic mass is 15.1. The number of aliphatic imine (C=N–C) groups is 1. The van der Waals surface area contributed by atoms with Gasteiger partial charge in [0.2, 0.25) is 0 Å². The van der Waals surface area contributed by atoms with Crippen LogP contribution < -0.4 is 5.32 Å². The summed E-state index contributed by atoms with van der Waals surface area (Å²) in [6, 6.07) is 0.361. The van der Waals surface area contributed by atoms with Gasteiger partial charge in [-0.1, -0.05) is 20.8 Å². The van der Waals surface area contributed by atoms with E-state index in [2.05, 4.69) is 58.7 Å². The van der Waals surface area contributed by atoms with Gasteiger partial charge < -0.3 is 10.2 Å². The third kappa shape index (κ3) is 8.19. The normalized spacial score (nSPS) is 15.2. The van der Waals surface area contributed by atoms with Gasteiger partial charge in [-0.3, -0.25) is 4.99 Å². The molecule has 0 aliphatic carbocycles. The Kier molecular flexibility index (Phi) is 7.44. The summed E-state index contributed by atoms with van der Waals surface area (Å²) in [5, 5.41) is 3.48. The summed E-state index contributed by atoms with van der Waals surface area (Å²) in [5.41, 5.74) is 0.101. The fourth-order valence-electron chi connectivity index (χ4n) is 1.81. The van der Waals surface area contributed by atoms with Gasteiger partial charge in [-0.2, -0.15) is 0 Å². The van der Waals surface area contributed by atoms with Gasteiger partial charge in [-0.15, -0.1) is 0 Å². The molecule has 0 aliphatic rings. The van der Waals surface area contributed by atoms with E-state index in [0.29, 0.717) is 6.04 Å². The van der Waals surface area contributed by atoms with Crippen molar-refractivity contribution in [3.63, 3.8) is 0 Å². The molecule has 102 valence electrons. The molecule has 0 spiro atoms. The van der Waals surface area contributed by atoms with Crippen LogP contribution in [-0.2, 0) is 0 Å². The summed E-state index contributed by atoms with van der Waals surface area (Å²) in [4.78, 5) is 7.20. The molecular weight excluding hydrogens is 210 g/mol. The predicted octanol–water partition coefficient (Wildman–Crippen LogP) is 2.91. The SMILES string of the molecule is CCC(=NC(C)CN(CC)CC)NC(C)(C)C. The minimum absolute atomic E-state index is 0.101. The Bertz CT molecular complexity index is 224. The number of amidine groups is 1. The first-order valence-corrected chi connectivity index (χ1v) is 6.89. The number of nitrogens with zero attached hydrogens (tertiary/aromatic N) is 2. The van der Waals surface area contributed by atoms with Crippen molar-refractivity contribution >= 4 is 5.84 Å². The van der Waals surface area contributed by atoms with E-state index in [1.54, 1.807) is 0 Å². The minimum Gasteiger partial charge on any atom is -0.369 e. The van der Waals surface area contributed by atoms with Crippen LogP contribution in [0.4, 0.5) is 0 Å². The molecule has 0 aliphatic heterocycles. The molecule has 0 aromatic heterocycles. The quantitative estimate of drug-likeness (QED) is 0.572. The van der Waals surface area contributed by atoms with Crippen molar-refractivity contribution in [3.05, 3.63) is 0 Å². The average molecular weight is 241 g/mol. The van der Waals surface area contributed by atoms with Crippen LogP contribution in [0.1, 0.15) is 54.9 Å². The van der Waals surface area contributed by atoms with Crippen LogP contribution in [-0.4, -0.2) is 42.0 Å². The van der Waals surface area contributed by atoms with E-state index < -0.39 is 0 Å². The highest BCUT2D eigenvalue weighted by Crippen LogP contribution is 2.03. The summed E-state index contributed by atoms with van der Waals surface area (Å²) >= 11 is 0. The Morgan fingerprint density at radius 3 is 2.06 bits per heavy atom. The minimum atomic E-state index is 0.101. The Labute approximate surface area is 108 Å². The smallest absolute Gasteiger partial charge is 0.0968 e. The molecule has 3 nitrogen and oxygen atoms in total.